The van der Waals surface area contributed by atoms with Crippen LogP contribution in [0.1, 0.15) is 15.9 Å². The van der Waals surface area contributed by atoms with Crippen molar-refractivity contribution in [3.63, 3.8) is 0 Å². The summed E-state index contributed by atoms with van der Waals surface area (Å²) < 4.78 is 11.8. The van der Waals surface area contributed by atoms with Crippen molar-refractivity contribution in [3.05, 3.63) is 99.2 Å². The minimum absolute atomic E-state index is 0.0161. The highest BCUT2D eigenvalue weighted by molar-refractivity contribution is 6.31. The highest BCUT2D eigenvalue weighted by Gasteiger charge is 2.18. The van der Waals surface area contributed by atoms with Crippen LogP contribution in [-0.2, 0) is 6.61 Å². The summed E-state index contributed by atoms with van der Waals surface area (Å²) in [5.41, 5.74) is 1.33. The van der Waals surface area contributed by atoms with Crippen molar-refractivity contribution in [1.82, 2.24) is 0 Å². The Bertz CT molecular complexity index is 1260. The molecule has 0 aliphatic heterocycles. The number of ether oxygens (including phenoxy) is 1. The summed E-state index contributed by atoms with van der Waals surface area (Å²) in [6.07, 6.45) is 0. The molecular weight excluding hydrogens is 392 g/mol. The first-order chi connectivity index (χ1) is 14.0. The largest absolute Gasteiger partial charge is 0.545 e. The van der Waals surface area contributed by atoms with E-state index in [0.717, 1.165) is 0 Å². The van der Waals surface area contributed by atoms with Gasteiger partial charge < -0.3 is 19.1 Å². The van der Waals surface area contributed by atoms with Gasteiger partial charge in [0, 0.05) is 10.6 Å². The zero-order valence-corrected chi connectivity index (χ0v) is 15.8. The van der Waals surface area contributed by atoms with Crippen LogP contribution in [0.4, 0.5) is 0 Å². The molecule has 0 amide bonds. The minimum atomic E-state index is -1.28. The summed E-state index contributed by atoms with van der Waals surface area (Å²) in [6.45, 7) is -0.0161. The van der Waals surface area contributed by atoms with Gasteiger partial charge in [-0.15, -0.1) is 0 Å². The van der Waals surface area contributed by atoms with Crippen LogP contribution in [0.3, 0.4) is 0 Å². The number of benzene rings is 3. The normalized spacial score (nSPS) is 10.8. The smallest absolute Gasteiger partial charge is 0.235 e. The van der Waals surface area contributed by atoms with E-state index in [0.29, 0.717) is 32.9 Å². The summed E-state index contributed by atoms with van der Waals surface area (Å²) in [7, 11) is 0. The molecule has 0 fully saturated rings. The van der Waals surface area contributed by atoms with Gasteiger partial charge in [0.2, 0.25) is 11.2 Å². The van der Waals surface area contributed by atoms with Crippen LogP contribution in [-0.4, -0.2) is 5.97 Å². The fraction of sp³-hybridized carbons (Fsp3) is 0.0435. The Morgan fingerprint density at radius 2 is 1.79 bits per heavy atom. The van der Waals surface area contributed by atoms with E-state index in [2.05, 4.69) is 0 Å². The first-order valence-electron chi connectivity index (χ1n) is 8.78. The van der Waals surface area contributed by atoms with Gasteiger partial charge in [-0.25, -0.2) is 0 Å². The average molecular weight is 406 g/mol. The third-order valence-corrected chi connectivity index (χ3v) is 4.63. The molecule has 144 valence electrons. The maximum absolute atomic E-state index is 13.1. The number of aromatic carboxylic acids is 1. The van der Waals surface area contributed by atoms with Crippen LogP contribution < -0.4 is 15.3 Å². The Morgan fingerprint density at radius 3 is 2.55 bits per heavy atom. The molecule has 0 aliphatic carbocycles. The number of hydrogen-bond donors (Lipinski definition) is 0. The van der Waals surface area contributed by atoms with Crippen molar-refractivity contribution in [2.45, 2.75) is 6.61 Å². The predicted molar refractivity (Wildman–Crippen MR) is 108 cm³/mol. The zero-order valence-electron chi connectivity index (χ0n) is 15.1. The van der Waals surface area contributed by atoms with E-state index in [4.69, 9.17) is 20.8 Å². The molecule has 1 aromatic heterocycles. The van der Waals surface area contributed by atoms with E-state index in [1.807, 2.05) is 30.3 Å². The fourth-order valence-corrected chi connectivity index (χ4v) is 3.18. The molecular formula is C23H14ClO5-. The van der Waals surface area contributed by atoms with Crippen molar-refractivity contribution in [3.8, 4) is 17.1 Å². The maximum Gasteiger partial charge on any atom is 0.235 e. The van der Waals surface area contributed by atoms with E-state index in [-0.39, 0.29) is 23.3 Å². The predicted octanol–water partition coefficient (Wildman–Crippen LogP) is 4.06. The lowest BCUT2D eigenvalue weighted by atomic mass is 10.1. The average Bonchev–Trinajstić information content (AvgIpc) is 2.74. The molecule has 0 atom stereocenters. The van der Waals surface area contributed by atoms with Gasteiger partial charge in [0.1, 0.15) is 12.2 Å². The molecule has 4 rings (SSSR count). The molecule has 0 saturated heterocycles. The molecule has 3 aromatic carbocycles. The second-order valence-corrected chi connectivity index (χ2v) is 6.81. The van der Waals surface area contributed by atoms with Crippen LogP contribution in [0.5, 0.6) is 5.75 Å². The number of halogens is 1. The molecule has 4 aromatic rings. The Morgan fingerprint density at radius 1 is 1.00 bits per heavy atom. The molecule has 0 spiro atoms. The quantitative estimate of drug-likeness (QED) is 0.500. The van der Waals surface area contributed by atoms with Crippen LogP contribution in [0, 0.1) is 0 Å². The van der Waals surface area contributed by atoms with Gasteiger partial charge in [-0.1, -0.05) is 60.1 Å². The molecule has 6 heteroatoms. The fourth-order valence-electron chi connectivity index (χ4n) is 3.00. The Balaban J connectivity index is 1.81. The van der Waals surface area contributed by atoms with Gasteiger partial charge in [-0.3, -0.25) is 4.79 Å². The summed E-state index contributed by atoms with van der Waals surface area (Å²) in [5, 5.41) is 11.8. The zero-order chi connectivity index (χ0) is 20.4. The van der Waals surface area contributed by atoms with Gasteiger partial charge in [0.05, 0.1) is 11.4 Å². The van der Waals surface area contributed by atoms with Crippen molar-refractivity contribution in [1.29, 1.82) is 0 Å². The number of carbonyl (C=O) groups is 1. The summed E-state index contributed by atoms with van der Waals surface area (Å²) >= 11 is 6.04. The third kappa shape index (κ3) is 3.86. The lowest BCUT2D eigenvalue weighted by Gasteiger charge is -2.12. The molecule has 0 radical (unpaired) electrons. The highest BCUT2D eigenvalue weighted by Crippen LogP contribution is 2.32. The van der Waals surface area contributed by atoms with Crippen LogP contribution in [0.2, 0.25) is 5.02 Å². The van der Waals surface area contributed by atoms with E-state index < -0.39 is 5.97 Å². The number of carboxylic acid groups (broad SMARTS) is 1. The topological polar surface area (TPSA) is 79.6 Å². The van der Waals surface area contributed by atoms with Crippen molar-refractivity contribution < 1.29 is 19.1 Å². The molecule has 0 bridgehead atoms. The van der Waals surface area contributed by atoms with Crippen molar-refractivity contribution in [2.75, 3.05) is 0 Å². The van der Waals surface area contributed by atoms with Crippen molar-refractivity contribution >= 4 is 28.5 Å². The maximum atomic E-state index is 13.1. The minimum Gasteiger partial charge on any atom is -0.545 e. The molecule has 29 heavy (non-hydrogen) atoms. The third-order valence-electron chi connectivity index (χ3n) is 4.39. The SMILES string of the molecule is O=C([O-])c1cccc(COc2c(-c3ccccc3)oc3ccc(Cl)cc3c2=O)c1. The second kappa shape index (κ2) is 7.81. The standard InChI is InChI=1S/C23H15ClO5/c24-17-9-10-19-18(12-17)20(25)22(21(29-19)15-6-2-1-3-7-15)28-13-14-5-4-8-16(11-14)23(26)27/h1-12H,13H2,(H,26,27)/p-1. The van der Waals surface area contributed by atoms with Crippen LogP contribution in [0.15, 0.2) is 82.0 Å². The Hall–Kier alpha value is -3.57. The van der Waals surface area contributed by atoms with Crippen molar-refractivity contribution in [2.24, 2.45) is 0 Å². The van der Waals surface area contributed by atoms with Gasteiger partial charge in [0.15, 0.2) is 5.76 Å². The number of rotatable bonds is 5. The molecule has 0 saturated carbocycles. The number of carbonyl (C=O) groups excluding carboxylic acids is 1. The lowest BCUT2D eigenvalue weighted by molar-refractivity contribution is -0.255. The monoisotopic (exact) mass is 405 g/mol. The summed E-state index contributed by atoms with van der Waals surface area (Å²) in [5.74, 6) is -0.956. The van der Waals surface area contributed by atoms with E-state index >= 15 is 0 Å². The molecule has 0 aliphatic rings. The van der Waals surface area contributed by atoms with E-state index in [1.165, 1.54) is 18.2 Å². The summed E-state index contributed by atoms with van der Waals surface area (Å²) in [4.78, 5) is 24.2. The molecule has 1 heterocycles. The molecule has 0 N–H and O–H groups in total. The Kier molecular flexibility index (Phi) is 5.06. The van der Waals surface area contributed by atoms with Gasteiger partial charge in [0.25, 0.3) is 0 Å². The van der Waals surface area contributed by atoms with Gasteiger partial charge in [-0.05, 0) is 35.4 Å². The van der Waals surface area contributed by atoms with Crippen LogP contribution in [0.25, 0.3) is 22.3 Å². The lowest BCUT2D eigenvalue weighted by Crippen LogP contribution is -2.22. The molecule has 5 nitrogen and oxygen atoms in total. The first-order valence-corrected chi connectivity index (χ1v) is 9.15. The van der Waals surface area contributed by atoms with Gasteiger partial charge in [-0.2, -0.15) is 0 Å². The highest BCUT2D eigenvalue weighted by atomic mass is 35.5. The summed E-state index contributed by atoms with van der Waals surface area (Å²) in [6, 6.07) is 20.1. The Labute approximate surface area is 170 Å². The molecule has 0 unspecified atom stereocenters. The first kappa shape index (κ1) is 18.8. The van der Waals surface area contributed by atoms with E-state index in [9.17, 15) is 14.7 Å². The number of carboxylic acids is 1. The second-order valence-electron chi connectivity index (χ2n) is 6.37. The number of fused-ring (bicyclic) bond motifs is 1. The number of hydrogen-bond acceptors (Lipinski definition) is 5. The van der Waals surface area contributed by atoms with Gasteiger partial charge >= 0.3 is 0 Å². The van der Waals surface area contributed by atoms with E-state index in [1.54, 1.807) is 24.3 Å². The van der Waals surface area contributed by atoms with Crippen LogP contribution >= 0.6 is 11.6 Å².